The SMILES string of the molecule is CC(C)(C)C1CCC2CCCC2NC1=O. The van der Waals surface area contributed by atoms with Crippen molar-refractivity contribution in [1.29, 1.82) is 0 Å². The van der Waals surface area contributed by atoms with Crippen LogP contribution in [0.1, 0.15) is 52.9 Å². The van der Waals surface area contributed by atoms with Gasteiger partial charge in [0.2, 0.25) is 5.91 Å². The third-order valence-electron chi connectivity index (χ3n) is 4.17. The Morgan fingerprint density at radius 2 is 1.87 bits per heavy atom. The molecule has 15 heavy (non-hydrogen) atoms. The number of carbonyl (C=O) groups is 1. The van der Waals surface area contributed by atoms with E-state index in [0.29, 0.717) is 11.9 Å². The van der Waals surface area contributed by atoms with Crippen LogP contribution in [0, 0.1) is 17.3 Å². The normalized spacial score (nSPS) is 37.0. The molecule has 1 aliphatic heterocycles. The highest BCUT2D eigenvalue weighted by Gasteiger charge is 2.39. The molecule has 1 aliphatic carbocycles. The van der Waals surface area contributed by atoms with E-state index in [1.165, 1.54) is 25.7 Å². The molecule has 0 radical (unpaired) electrons. The predicted octanol–water partition coefficient (Wildman–Crippen LogP) is 2.73. The molecule has 2 fully saturated rings. The maximum Gasteiger partial charge on any atom is 0.223 e. The van der Waals surface area contributed by atoms with Crippen molar-refractivity contribution in [2.24, 2.45) is 17.3 Å². The molecule has 0 bridgehead atoms. The molecule has 2 aliphatic rings. The Hall–Kier alpha value is -0.530. The number of hydrogen-bond acceptors (Lipinski definition) is 1. The molecule has 1 saturated heterocycles. The zero-order chi connectivity index (χ0) is 11.1. The summed E-state index contributed by atoms with van der Waals surface area (Å²) >= 11 is 0. The monoisotopic (exact) mass is 209 g/mol. The van der Waals surface area contributed by atoms with E-state index in [-0.39, 0.29) is 11.3 Å². The lowest BCUT2D eigenvalue weighted by molar-refractivity contribution is -0.128. The van der Waals surface area contributed by atoms with Crippen LogP contribution in [-0.2, 0) is 4.79 Å². The van der Waals surface area contributed by atoms with Crippen molar-refractivity contribution in [3.63, 3.8) is 0 Å². The highest BCUT2D eigenvalue weighted by atomic mass is 16.2. The number of hydrogen-bond donors (Lipinski definition) is 1. The van der Waals surface area contributed by atoms with Crippen LogP contribution in [0.3, 0.4) is 0 Å². The second kappa shape index (κ2) is 3.80. The largest absolute Gasteiger partial charge is 0.353 e. The number of carbonyl (C=O) groups excluding carboxylic acids is 1. The van der Waals surface area contributed by atoms with Crippen LogP contribution in [0.4, 0.5) is 0 Å². The fraction of sp³-hybridized carbons (Fsp3) is 0.923. The molecule has 1 heterocycles. The van der Waals surface area contributed by atoms with E-state index >= 15 is 0 Å². The highest BCUT2D eigenvalue weighted by Crippen LogP contribution is 2.38. The van der Waals surface area contributed by atoms with E-state index in [9.17, 15) is 4.79 Å². The van der Waals surface area contributed by atoms with E-state index in [0.717, 1.165) is 12.3 Å². The van der Waals surface area contributed by atoms with E-state index in [2.05, 4.69) is 26.1 Å². The minimum absolute atomic E-state index is 0.114. The van der Waals surface area contributed by atoms with E-state index in [1.807, 2.05) is 0 Å². The van der Waals surface area contributed by atoms with Crippen molar-refractivity contribution in [2.75, 3.05) is 0 Å². The number of nitrogens with one attached hydrogen (secondary N) is 1. The van der Waals surface area contributed by atoms with Crippen LogP contribution in [0.15, 0.2) is 0 Å². The Labute approximate surface area is 92.8 Å². The number of amides is 1. The van der Waals surface area contributed by atoms with Crippen molar-refractivity contribution >= 4 is 5.91 Å². The number of rotatable bonds is 0. The predicted molar refractivity (Wildman–Crippen MR) is 61.5 cm³/mol. The lowest BCUT2D eigenvalue weighted by atomic mass is 9.77. The van der Waals surface area contributed by atoms with Gasteiger partial charge in [-0.2, -0.15) is 0 Å². The molecule has 2 nitrogen and oxygen atoms in total. The average molecular weight is 209 g/mol. The maximum atomic E-state index is 12.1. The van der Waals surface area contributed by atoms with Gasteiger partial charge in [0.15, 0.2) is 0 Å². The van der Waals surface area contributed by atoms with Gasteiger partial charge in [0.1, 0.15) is 0 Å². The first-order chi connectivity index (χ1) is 6.98. The summed E-state index contributed by atoms with van der Waals surface area (Å²) in [4.78, 5) is 12.1. The maximum absolute atomic E-state index is 12.1. The van der Waals surface area contributed by atoms with Crippen LogP contribution >= 0.6 is 0 Å². The van der Waals surface area contributed by atoms with Crippen LogP contribution in [0.2, 0.25) is 0 Å². The average Bonchev–Trinajstić information content (AvgIpc) is 2.45. The highest BCUT2D eigenvalue weighted by molar-refractivity contribution is 5.80. The zero-order valence-electron chi connectivity index (χ0n) is 10.2. The molecule has 2 rings (SSSR count). The van der Waals surface area contributed by atoms with Gasteiger partial charge in [-0.15, -0.1) is 0 Å². The summed E-state index contributed by atoms with van der Waals surface area (Å²) in [7, 11) is 0. The Kier molecular flexibility index (Phi) is 2.78. The molecule has 3 atom stereocenters. The molecular formula is C13H23NO. The van der Waals surface area contributed by atoms with Gasteiger partial charge < -0.3 is 5.32 Å². The summed E-state index contributed by atoms with van der Waals surface area (Å²) in [5.74, 6) is 1.28. The topological polar surface area (TPSA) is 29.1 Å². The Bertz CT molecular complexity index is 254. The molecule has 0 spiro atoms. The van der Waals surface area contributed by atoms with Crippen molar-refractivity contribution in [3.8, 4) is 0 Å². The first-order valence-corrected chi connectivity index (χ1v) is 6.29. The summed E-state index contributed by atoms with van der Waals surface area (Å²) in [5.41, 5.74) is 0.114. The van der Waals surface area contributed by atoms with Crippen LogP contribution in [0.5, 0.6) is 0 Å². The number of fused-ring (bicyclic) bond motifs is 1. The molecule has 0 aromatic heterocycles. The summed E-state index contributed by atoms with van der Waals surface area (Å²) in [6.07, 6.45) is 6.15. The minimum atomic E-state index is 0.114. The summed E-state index contributed by atoms with van der Waals surface area (Å²) in [5, 5.41) is 3.26. The first kappa shape index (κ1) is 11.0. The molecule has 86 valence electrons. The van der Waals surface area contributed by atoms with Gasteiger partial charge in [0.05, 0.1) is 0 Å². The van der Waals surface area contributed by atoms with E-state index < -0.39 is 0 Å². The molecule has 2 heteroatoms. The molecule has 0 aromatic carbocycles. The lowest BCUT2D eigenvalue weighted by Crippen LogP contribution is -2.41. The van der Waals surface area contributed by atoms with Gasteiger partial charge in [-0.3, -0.25) is 4.79 Å². The summed E-state index contributed by atoms with van der Waals surface area (Å²) in [6, 6.07) is 0.491. The second-order valence-electron chi connectivity index (χ2n) is 6.30. The van der Waals surface area contributed by atoms with E-state index in [1.54, 1.807) is 0 Å². The summed E-state index contributed by atoms with van der Waals surface area (Å²) < 4.78 is 0. The Morgan fingerprint density at radius 3 is 2.53 bits per heavy atom. The van der Waals surface area contributed by atoms with Crippen molar-refractivity contribution in [2.45, 2.75) is 58.9 Å². The van der Waals surface area contributed by atoms with E-state index in [4.69, 9.17) is 0 Å². The zero-order valence-corrected chi connectivity index (χ0v) is 10.2. The van der Waals surface area contributed by atoms with Crippen molar-refractivity contribution in [1.82, 2.24) is 5.32 Å². The van der Waals surface area contributed by atoms with Crippen LogP contribution < -0.4 is 5.32 Å². The van der Waals surface area contributed by atoms with Crippen LogP contribution in [0.25, 0.3) is 0 Å². The second-order valence-corrected chi connectivity index (χ2v) is 6.30. The molecule has 1 N–H and O–H groups in total. The molecule has 1 amide bonds. The van der Waals surface area contributed by atoms with Gasteiger partial charge in [-0.1, -0.05) is 27.2 Å². The smallest absolute Gasteiger partial charge is 0.223 e. The minimum Gasteiger partial charge on any atom is -0.353 e. The third kappa shape index (κ3) is 2.19. The molecule has 1 saturated carbocycles. The van der Waals surface area contributed by atoms with Crippen molar-refractivity contribution in [3.05, 3.63) is 0 Å². The molecular weight excluding hydrogens is 186 g/mol. The molecule has 3 unspecified atom stereocenters. The third-order valence-corrected chi connectivity index (χ3v) is 4.17. The van der Waals surface area contributed by atoms with Gasteiger partial charge in [0.25, 0.3) is 0 Å². The Morgan fingerprint density at radius 1 is 1.13 bits per heavy atom. The molecule has 0 aromatic rings. The Balaban J connectivity index is 2.09. The quantitative estimate of drug-likeness (QED) is 0.653. The first-order valence-electron chi connectivity index (χ1n) is 6.29. The van der Waals surface area contributed by atoms with Gasteiger partial charge in [0, 0.05) is 12.0 Å². The summed E-state index contributed by atoms with van der Waals surface area (Å²) in [6.45, 7) is 6.54. The van der Waals surface area contributed by atoms with Gasteiger partial charge in [-0.05, 0) is 37.0 Å². The van der Waals surface area contributed by atoms with Crippen molar-refractivity contribution < 1.29 is 4.79 Å². The van der Waals surface area contributed by atoms with Gasteiger partial charge >= 0.3 is 0 Å². The fourth-order valence-corrected chi connectivity index (χ4v) is 3.19. The lowest BCUT2D eigenvalue weighted by Gasteiger charge is -2.28. The standard InChI is InChI=1S/C13H23NO/c1-13(2,3)10-8-7-9-5-4-6-11(9)14-12(10)15/h9-11H,4-8H2,1-3H3,(H,14,15). The fourth-order valence-electron chi connectivity index (χ4n) is 3.19. The van der Waals surface area contributed by atoms with Gasteiger partial charge in [-0.25, -0.2) is 0 Å². The van der Waals surface area contributed by atoms with Crippen LogP contribution in [-0.4, -0.2) is 11.9 Å².